The van der Waals surface area contributed by atoms with Gasteiger partial charge in [-0.3, -0.25) is 29.4 Å². The smallest absolute Gasteiger partial charge is 0.263 e. The van der Waals surface area contributed by atoms with Gasteiger partial charge in [0.25, 0.3) is 11.8 Å². The number of thiazole rings is 1. The van der Waals surface area contributed by atoms with E-state index < -0.39 is 23.8 Å². The largest absolute Gasteiger partial charge is 0.368 e. The Morgan fingerprint density at radius 3 is 2.50 bits per heavy atom. The van der Waals surface area contributed by atoms with E-state index in [1.807, 2.05) is 11.4 Å². The predicted molar refractivity (Wildman–Crippen MR) is 140 cm³/mol. The molecule has 4 aliphatic carbocycles. The van der Waals surface area contributed by atoms with E-state index in [4.69, 9.17) is 9.72 Å². The monoisotopic (exact) mass is 551 g/mol. The third-order valence-corrected chi connectivity index (χ3v) is 10.9. The Bertz CT molecular complexity index is 1320. The Balaban J connectivity index is 1.01. The van der Waals surface area contributed by atoms with Crippen LogP contribution < -0.4 is 5.32 Å². The highest BCUT2D eigenvalue weighted by atomic mass is 32.2. The first-order chi connectivity index (χ1) is 18.4. The standard InChI is InChI=1S/C28H29N3O5S2/c32-22-5-4-20(25(33)30-22)31-26(34)19-2-1-3-21(24(19)27(31)35)37-13-18-14-38-23(29-18)12-36-28-9-15-6-16(10-28)8-17(7-15)11-28/h1-3,14-17,20H,4-13H2,(H,30,32,33). The fourth-order valence-corrected chi connectivity index (χ4v) is 9.44. The number of ether oxygens (including phenoxy) is 1. The first-order valence-electron chi connectivity index (χ1n) is 13.4. The van der Waals surface area contributed by atoms with Gasteiger partial charge in [0.2, 0.25) is 11.8 Å². The highest BCUT2D eigenvalue weighted by Gasteiger charge is 2.52. The number of fused-ring (bicyclic) bond motifs is 1. The zero-order valence-corrected chi connectivity index (χ0v) is 22.6. The summed E-state index contributed by atoms with van der Waals surface area (Å²) >= 11 is 3.07. The number of carbonyl (C=O) groups is 4. The molecule has 4 amide bonds. The summed E-state index contributed by atoms with van der Waals surface area (Å²) in [5.74, 6) is 1.14. The molecule has 2 aromatic rings. The summed E-state index contributed by atoms with van der Waals surface area (Å²) in [5.41, 5.74) is 1.60. The zero-order valence-electron chi connectivity index (χ0n) is 20.9. The van der Waals surface area contributed by atoms with Crippen molar-refractivity contribution in [1.82, 2.24) is 15.2 Å². The van der Waals surface area contributed by atoms with Crippen LogP contribution in [-0.2, 0) is 26.7 Å². The van der Waals surface area contributed by atoms with E-state index in [9.17, 15) is 19.2 Å². The Hall–Kier alpha value is -2.56. The van der Waals surface area contributed by atoms with E-state index in [-0.39, 0.29) is 24.3 Å². The molecule has 5 fully saturated rings. The lowest BCUT2D eigenvalue weighted by Gasteiger charge is -2.56. The third kappa shape index (κ3) is 4.21. The second kappa shape index (κ2) is 9.27. The quantitative estimate of drug-likeness (QED) is 0.404. The van der Waals surface area contributed by atoms with E-state index in [0.29, 0.717) is 28.4 Å². The van der Waals surface area contributed by atoms with E-state index in [2.05, 4.69) is 5.32 Å². The summed E-state index contributed by atoms with van der Waals surface area (Å²) in [4.78, 5) is 56.8. The number of piperidine rings is 1. The number of rotatable bonds is 7. The molecule has 2 aliphatic heterocycles. The minimum Gasteiger partial charge on any atom is -0.368 e. The minimum absolute atomic E-state index is 0.0568. The number of thioether (sulfide) groups is 1. The molecular formula is C28H29N3O5S2. The lowest BCUT2D eigenvalue weighted by molar-refractivity contribution is -0.168. The summed E-state index contributed by atoms with van der Waals surface area (Å²) in [7, 11) is 0. The van der Waals surface area contributed by atoms with Crippen molar-refractivity contribution in [3.05, 3.63) is 45.4 Å². The summed E-state index contributed by atoms with van der Waals surface area (Å²) < 4.78 is 6.58. The molecule has 10 heteroatoms. The summed E-state index contributed by atoms with van der Waals surface area (Å²) in [6.45, 7) is 0.552. The minimum atomic E-state index is -0.965. The van der Waals surface area contributed by atoms with Crippen LogP contribution in [-0.4, -0.2) is 45.2 Å². The van der Waals surface area contributed by atoms with E-state index >= 15 is 0 Å². The van der Waals surface area contributed by atoms with E-state index in [1.54, 1.807) is 23.5 Å². The molecule has 1 aromatic heterocycles. The summed E-state index contributed by atoms with van der Waals surface area (Å²) in [6.07, 6.45) is 8.03. The molecule has 4 bridgehead atoms. The van der Waals surface area contributed by atoms with E-state index in [1.165, 1.54) is 50.3 Å². The maximum absolute atomic E-state index is 13.3. The molecule has 3 heterocycles. The number of hydrogen-bond acceptors (Lipinski definition) is 8. The van der Waals surface area contributed by atoms with Crippen LogP contribution in [0.25, 0.3) is 0 Å². The molecule has 0 spiro atoms. The van der Waals surface area contributed by atoms with Crippen molar-refractivity contribution in [2.45, 2.75) is 80.3 Å². The molecule has 0 radical (unpaired) electrons. The highest BCUT2D eigenvalue weighted by molar-refractivity contribution is 7.98. The SMILES string of the molecule is O=C1CCC(N2C(=O)c3cccc(SCc4csc(COC56CC7CC(CC(C7)C5)C6)n4)c3C2=O)C(=O)N1. The molecule has 1 N–H and O–H groups in total. The van der Waals surface area contributed by atoms with Gasteiger partial charge in [-0.05, 0) is 74.8 Å². The Labute approximate surface area is 228 Å². The van der Waals surface area contributed by atoms with Crippen molar-refractivity contribution in [3.63, 3.8) is 0 Å². The van der Waals surface area contributed by atoms with Crippen molar-refractivity contribution in [2.75, 3.05) is 0 Å². The van der Waals surface area contributed by atoms with Crippen molar-refractivity contribution < 1.29 is 23.9 Å². The number of carbonyl (C=O) groups excluding carboxylic acids is 4. The normalized spacial score (nSPS) is 31.7. The molecule has 1 atom stereocenters. The average molecular weight is 552 g/mol. The van der Waals surface area contributed by atoms with Gasteiger partial charge < -0.3 is 4.74 Å². The number of hydrogen-bond donors (Lipinski definition) is 1. The Kier molecular flexibility index (Phi) is 5.97. The molecule has 198 valence electrons. The van der Waals surface area contributed by atoms with Crippen LogP contribution in [0.15, 0.2) is 28.5 Å². The number of aromatic nitrogens is 1. The van der Waals surface area contributed by atoms with Crippen LogP contribution in [0.3, 0.4) is 0 Å². The number of nitrogens with one attached hydrogen (secondary N) is 1. The van der Waals surface area contributed by atoms with Crippen LogP contribution in [0.5, 0.6) is 0 Å². The Morgan fingerprint density at radius 2 is 1.79 bits per heavy atom. The van der Waals surface area contributed by atoms with E-state index in [0.717, 1.165) is 33.4 Å². The second-order valence-electron chi connectivity index (χ2n) is 11.5. The number of nitrogens with zero attached hydrogens (tertiary/aromatic N) is 2. The molecule has 1 saturated heterocycles. The van der Waals surface area contributed by atoms with Gasteiger partial charge >= 0.3 is 0 Å². The van der Waals surface area contributed by atoms with Gasteiger partial charge in [-0.15, -0.1) is 23.1 Å². The molecule has 8 nitrogen and oxygen atoms in total. The maximum Gasteiger partial charge on any atom is 0.263 e. The zero-order chi connectivity index (χ0) is 26.0. The van der Waals surface area contributed by atoms with Gasteiger partial charge in [-0.25, -0.2) is 4.98 Å². The molecular weight excluding hydrogens is 522 g/mol. The molecule has 1 unspecified atom stereocenters. The first-order valence-corrected chi connectivity index (χ1v) is 15.3. The highest BCUT2D eigenvalue weighted by Crippen LogP contribution is 2.57. The van der Waals surface area contributed by atoms with Gasteiger partial charge in [0.15, 0.2) is 0 Å². The maximum atomic E-state index is 13.3. The van der Waals surface area contributed by atoms with Gasteiger partial charge in [0.05, 0.1) is 29.0 Å². The topological polar surface area (TPSA) is 106 Å². The average Bonchev–Trinajstić information content (AvgIpc) is 3.44. The Morgan fingerprint density at radius 1 is 1.05 bits per heavy atom. The van der Waals surface area contributed by atoms with Gasteiger partial charge in [0.1, 0.15) is 11.0 Å². The molecule has 4 saturated carbocycles. The fraction of sp³-hybridized carbons (Fsp3) is 0.536. The second-order valence-corrected chi connectivity index (χ2v) is 13.5. The van der Waals surface area contributed by atoms with Crippen molar-refractivity contribution >= 4 is 46.7 Å². The molecule has 38 heavy (non-hydrogen) atoms. The summed E-state index contributed by atoms with van der Waals surface area (Å²) in [5, 5.41) is 5.25. The van der Waals surface area contributed by atoms with Crippen LogP contribution in [0, 0.1) is 17.8 Å². The lowest BCUT2D eigenvalue weighted by Crippen LogP contribution is -2.54. The molecule has 1 aromatic carbocycles. The third-order valence-electron chi connectivity index (χ3n) is 8.89. The number of imide groups is 2. The van der Waals surface area contributed by atoms with Crippen molar-refractivity contribution in [2.24, 2.45) is 17.8 Å². The van der Waals surface area contributed by atoms with Crippen molar-refractivity contribution in [3.8, 4) is 0 Å². The van der Waals surface area contributed by atoms with Crippen LogP contribution in [0.1, 0.15) is 82.8 Å². The number of benzene rings is 1. The van der Waals surface area contributed by atoms with Crippen molar-refractivity contribution in [1.29, 1.82) is 0 Å². The first kappa shape index (κ1) is 24.5. The van der Waals surface area contributed by atoms with Crippen LogP contribution in [0.4, 0.5) is 0 Å². The molecule has 8 rings (SSSR count). The van der Waals surface area contributed by atoms with Crippen LogP contribution in [0.2, 0.25) is 0 Å². The summed E-state index contributed by atoms with van der Waals surface area (Å²) in [6, 6.07) is 4.24. The lowest BCUT2D eigenvalue weighted by atomic mass is 9.54. The fourth-order valence-electron chi connectivity index (χ4n) is 7.66. The molecule has 6 aliphatic rings. The predicted octanol–water partition coefficient (Wildman–Crippen LogP) is 4.32. The van der Waals surface area contributed by atoms with Gasteiger partial charge in [-0.1, -0.05) is 6.07 Å². The van der Waals surface area contributed by atoms with Crippen LogP contribution >= 0.6 is 23.1 Å². The van der Waals surface area contributed by atoms with Gasteiger partial charge in [-0.2, -0.15) is 0 Å². The number of amides is 4. The van der Waals surface area contributed by atoms with Gasteiger partial charge in [0, 0.05) is 22.4 Å².